The van der Waals surface area contributed by atoms with E-state index in [1.807, 2.05) is 16.3 Å². The Balaban J connectivity index is 1.99. The number of nitrogens with one attached hydrogen (secondary N) is 1. The lowest BCUT2D eigenvalue weighted by Crippen LogP contribution is -2.29. The molecular formula is C13H18N4O3. The Morgan fingerprint density at radius 3 is 3.10 bits per heavy atom. The minimum atomic E-state index is -0.463. The third-order valence-corrected chi connectivity index (χ3v) is 2.83. The monoisotopic (exact) mass is 278 g/mol. The molecule has 0 spiro atoms. The standard InChI is InChI=1S/C13H18N4O3/c1-3-4-17-7-11(6-15-17)19-8-10-5-12(13(18)16-14)20-9(10)2/h5-7H,3-4,8,14H2,1-2H3,(H,16,18). The highest BCUT2D eigenvalue weighted by Crippen LogP contribution is 2.18. The van der Waals surface area contributed by atoms with E-state index in [9.17, 15) is 4.79 Å². The number of hydrogen-bond acceptors (Lipinski definition) is 5. The van der Waals surface area contributed by atoms with Crippen molar-refractivity contribution in [3.05, 3.63) is 35.5 Å². The largest absolute Gasteiger partial charge is 0.485 e. The zero-order valence-corrected chi connectivity index (χ0v) is 11.5. The Bertz CT molecular complexity index is 588. The number of rotatable bonds is 6. The molecule has 2 rings (SSSR count). The lowest BCUT2D eigenvalue weighted by Gasteiger charge is -2.01. The highest BCUT2D eigenvalue weighted by atomic mass is 16.5. The van der Waals surface area contributed by atoms with Crippen LogP contribution < -0.4 is 16.0 Å². The molecule has 2 aromatic rings. The first-order valence-electron chi connectivity index (χ1n) is 6.39. The number of nitrogens with two attached hydrogens (primary N) is 1. The molecule has 0 aliphatic carbocycles. The lowest BCUT2D eigenvalue weighted by atomic mass is 10.2. The molecule has 2 aromatic heterocycles. The molecular weight excluding hydrogens is 260 g/mol. The maximum Gasteiger partial charge on any atom is 0.300 e. The van der Waals surface area contributed by atoms with Crippen LogP contribution in [0, 0.1) is 6.92 Å². The van der Waals surface area contributed by atoms with Gasteiger partial charge in [0.25, 0.3) is 0 Å². The summed E-state index contributed by atoms with van der Waals surface area (Å²) in [7, 11) is 0. The third kappa shape index (κ3) is 3.18. The first kappa shape index (κ1) is 14.1. The third-order valence-electron chi connectivity index (χ3n) is 2.83. The van der Waals surface area contributed by atoms with E-state index in [1.54, 1.807) is 19.2 Å². The van der Waals surface area contributed by atoms with Gasteiger partial charge < -0.3 is 9.15 Å². The number of aromatic nitrogens is 2. The lowest BCUT2D eigenvalue weighted by molar-refractivity contribution is 0.0924. The molecule has 0 fully saturated rings. The summed E-state index contributed by atoms with van der Waals surface area (Å²) >= 11 is 0. The van der Waals surface area contributed by atoms with Crippen LogP contribution in [0.5, 0.6) is 5.75 Å². The molecule has 0 aromatic carbocycles. The van der Waals surface area contributed by atoms with Crippen LogP contribution in [0.2, 0.25) is 0 Å². The van der Waals surface area contributed by atoms with Gasteiger partial charge in [-0.25, -0.2) is 5.84 Å². The normalized spacial score (nSPS) is 10.6. The van der Waals surface area contributed by atoms with Crippen molar-refractivity contribution >= 4 is 5.91 Å². The van der Waals surface area contributed by atoms with Crippen molar-refractivity contribution in [3.63, 3.8) is 0 Å². The fraction of sp³-hybridized carbons (Fsp3) is 0.385. The number of carbonyl (C=O) groups is 1. The molecule has 0 atom stereocenters. The predicted molar refractivity (Wildman–Crippen MR) is 71.9 cm³/mol. The molecule has 7 heteroatoms. The van der Waals surface area contributed by atoms with Gasteiger partial charge in [-0.1, -0.05) is 6.92 Å². The van der Waals surface area contributed by atoms with Crippen LogP contribution in [0.25, 0.3) is 0 Å². The van der Waals surface area contributed by atoms with Crippen LogP contribution in [-0.4, -0.2) is 15.7 Å². The molecule has 0 bridgehead atoms. The Morgan fingerprint density at radius 2 is 2.40 bits per heavy atom. The van der Waals surface area contributed by atoms with Crippen molar-refractivity contribution in [2.75, 3.05) is 0 Å². The molecule has 0 unspecified atom stereocenters. The van der Waals surface area contributed by atoms with Crippen LogP contribution in [-0.2, 0) is 13.2 Å². The van der Waals surface area contributed by atoms with E-state index in [4.69, 9.17) is 15.0 Å². The number of nitrogen functional groups attached to an aromatic ring is 1. The van der Waals surface area contributed by atoms with E-state index in [-0.39, 0.29) is 5.76 Å². The van der Waals surface area contributed by atoms with Crippen molar-refractivity contribution in [2.24, 2.45) is 5.84 Å². The predicted octanol–water partition coefficient (Wildman–Crippen LogP) is 1.38. The maximum atomic E-state index is 11.3. The summed E-state index contributed by atoms with van der Waals surface area (Å²) in [5.41, 5.74) is 2.82. The van der Waals surface area contributed by atoms with Gasteiger partial charge in [-0.15, -0.1) is 0 Å². The maximum absolute atomic E-state index is 11.3. The van der Waals surface area contributed by atoms with Gasteiger partial charge in [0, 0.05) is 12.1 Å². The summed E-state index contributed by atoms with van der Waals surface area (Å²) < 4.78 is 12.8. The zero-order chi connectivity index (χ0) is 14.5. The van der Waals surface area contributed by atoms with Gasteiger partial charge >= 0.3 is 5.91 Å². The van der Waals surface area contributed by atoms with Crippen LogP contribution in [0.1, 0.15) is 35.2 Å². The Hall–Kier alpha value is -2.28. The summed E-state index contributed by atoms with van der Waals surface area (Å²) in [4.78, 5) is 11.3. The number of furan rings is 1. The molecule has 0 aliphatic rings. The average molecular weight is 278 g/mol. The van der Waals surface area contributed by atoms with Crippen molar-refractivity contribution in [1.82, 2.24) is 15.2 Å². The van der Waals surface area contributed by atoms with Gasteiger partial charge in [0.2, 0.25) is 0 Å². The number of ether oxygens (including phenoxy) is 1. The fourth-order valence-corrected chi connectivity index (χ4v) is 1.78. The van der Waals surface area contributed by atoms with Crippen LogP contribution in [0.15, 0.2) is 22.9 Å². The van der Waals surface area contributed by atoms with E-state index in [0.717, 1.165) is 18.5 Å². The zero-order valence-electron chi connectivity index (χ0n) is 11.5. The van der Waals surface area contributed by atoms with Crippen molar-refractivity contribution < 1.29 is 13.9 Å². The number of nitrogens with zero attached hydrogens (tertiary/aromatic N) is 2. The van der Waals surface area contributed by atoms with Crippen LogP contribution in [0.4, 0.5) is 0 Å². The smallest absolute Gasteiger partial charge is 0.300 e. The summed E-state index contributed by atoms with van der Waals surface area (Å²) in [5, 5.41) is 4.17. The van der Waals surface area contributed by atoms with Crippen molar-refractivity contribution in [2.45, 2.75) is 33.4 Å². The first-order valence-corrected chi connectivity index (χ1v) is 6.39. The molecule has 0 aliphatic heterocycles. The average Bonchev–Trinajstić information content (AvgIpc) is 3.03. The number of hydrazine groups is 1. The molecule has 20 heavy (non-hydrogen) atoms. The number of aryl methyl sites for hydroxylation is 2. The van der Waals surface area contributed by atoms with Crippen molar-refractivity contribution in [1.29, 1.82) is 0 Å². The Kier molecular flexibility index (Phi) is 4.41. The highest BCUT2D eigenvalue weighted by molar-refractivity contribution is 5.91. The SMILES string of the molecule is CCCn1cc(OCc2cc(C(=O)NN)oc2C)cn1. The van der Waals surface area contributed by atoms with E-state index in [2.05, 4.69) is 12.0 Å². The van der Waals surface area contributed by atoms with Gasteiger partial charge in [0.05, 0.1) is 12.4 Å². The minimum absolute atomic E-state index is 0.172. The number of amides is 1. The van der Waals surface area contributed by atoms with Gasteiger partial charge in [-0.3, -0.25) is 14.9 Å². The molecule has 7 nitrogen and oxygen atoms in total. The van der Waals surface area contributed by atoms with Gasteiger partial charge in [0.1, 0.15) is 12.4 Å². The molecule has 1 amide bonds. The molecule has 2 heterocycles. The first-order chi connectivity index (χ1) is 9.63. The topological polar surface area (TPSA) is 95.3 Å². The molecule has 0 saturated heterocycles. The summed E-state index contributed by atoms with van der Waals surface area (Å²) in [6.45, 7) is 5.02. The summed E-state index contributed by atoms with van der Waals surface area (Å²) in [6.07, 6.45) is 4.52. The van der Waals surface area contributed by atoms with E-state index in [0.29, 0.717) is 18.1 Å². The van der Waals surface area contributed by atoms with E-state index in [1.165, 1.54) is 0 Å². The molecule has 3 N–H and O–H groups in total. The van der Waals surface area contributed by atoms with Crippen molar-refractivity contribution in [3.8, 4) is 5.75 Å². The van der Waals surface area contributed by atoms with Crippen LogP contribution in [0.3, 0.4) is 0 Å². The molecule has 0 saturated carbocycles. The Morgan fingerprint density at radius 1 is 1.60 bits per heavy atom. The van der Waals surface area contributed by atoms with Crippen LogP contribution >= 0.6 is 0 Å². The second-order valence-electron chi connectivity index (χ2n) is 4.39. The van der Waals surface area contributed by atoms with Gasteiger partial charge in [0.15, 0.2) is 11.5 Å². The fourth-order valence-electron chi connectivity index (χ4n) is 1.78. The molecule has 0 radical (unpaired) electrons. The van der Waals surface area contributed by atoms with Gasteiger partial charge in [-0.2, -0.15) is 5.10 Å². The summed E-state index contributed by atoms with van der Waals surface area (Å²) in [6, 6.07) is 1.62. The molecule has 108 valence electrons. The second kappa shape index (κ2) is 6.25. The summed E-state index contributed by atoms with van der Waals surface area (Å²) in [5.74, 6) is 6.08. The van der Waals surface area contributed by atoms with E-state index < -0.39 is 5.91 Å². The minimum Gasteiger partial charge on any atom is -0.485 e. The Labute approximate surface area is 116 Å². The number of carbonyl (C=O) groups excluding carboxylic acids is 1. The quantitative estimate of drug-likeness (QED) is 0.473. The highest BCUT2D eigenvalue weighted by Gasteiger charge is 2.14. The second-order valence-corrected chi connectivity index (χ2v) is 4.39. The van der Waals surface area contributed by atoms with E-state index >= 15 is 0 Å². The van der Waals surface area contributed by atoms with Gasteiger partial charge in [-0.05, 0) is 19.4 Å². The number of hydrogen-bond donors (Lipinski definition) is 2.